The average Bonchev–Trinajstić information content (AvgIpc) is 3.38. The molecule has 3 fully saturated rings. The fourth-order valence-corrected chi connectivity index (χ4v) is 11.7. The van der Waals surface area contributed by atoms with Crippen molar-refractivity contribution in [2.75, 3.05) is 20.8 Å². The summed E-state index contributed by atoms with van der Waals surface area (Å²) in [5.74, 6) is -8.40. The van der Waals surface area contributed by atoms with E-state index < -0.39 is 83.9 Å². The molecule has 18 heteroatoms. The van der Waals surface area contributed by atoms with Gasteiger partial charge >= 0.3 is 5.97 Å². The summed E-state index contributed by atoms with van der Waals surface area (Å²) in [6.07, 6.45) is 10.3. The van der Waals surface area contributed by atoms with Crippen LogP contribution in [0.5, 0.6) is 0 Å². The Bertz CT molecular complexity index is 2330. The number of nitrogens with zero attached hydrogens (tertiary/aromatic N) is 4. The minimum atomic E-state index is -2.51. The molecule has 3 aliphatic heterocycles. The van der Waals surface area contributed by atoms with Crippen LogP contribution in [0.1, 0.15) is 131 Å². The maximum absolute atomic E-state index is 14.5. The van der Waals surface area contributed by atoms with Gasteiger partial charge in [-0.2, -0.15) is 0 Å². The lowest BCUT2D eigenvalue weighted by Gasteiger charge is -2.43. The van der Waals surface area contributed by atoms with Gasteiger partial charge in [0.25, 0.3) is 11.7 Å². The molecule has 2 saturated heterocycles. The number of aliphatic hydroxyl groups is 3. The van der Waals surface area contributed by atoms with Crippen molar-refractivity contribution in [1.29, 1.82) is 0 Å². The first-order chi connectivity index (χ1) is 35.6. The van der Waals surface area contributed by atoms with Crippen LogP contribution in [0, 0.1) is 39.1 Å². The van der Waals surface area contributed by atoms with Gasteiger partial charge in [0.05, 0.1) is 36.7 Å². The number of amides is 1. The minimum absolute atomic E-state index is 0.0294. The summed E-state index contributed by atoms with van der Waals surface area (Å²) >= 11 is 2.10. The summed E-state index contributed by atoms with van der Waals surface area (Å²) in [6.45, 7) is 12.8. The van der Waals surface area contributed by atoms with Crippen molar-refractivity contribution in [1.82, 2.24) is 4.90 Å². The quantitative estimate of drug-likeness (QED) is 0.0397. The summed E-state index contributed by atoms with van der Waals surface area (Å²) in [6, 6.07) is 4.20. The van der Waals surface area contributed by atoms with Crippen molar-refractivity contribution in [3.8, 4) is 0 Å². The molecule has 2 bridgehead atoms. The van der Waals surface area contributed by atoms with Gasteiger partial charge in [0.2, 0.25) is 5.79 Å². The van der Waals surface area contributed by atoms with Crippen LogP contribution in [0.3, 0.4) is 0 Å². The Labute approximate surface area is 456 Å². The number of carbonyl (C=O) groups excluding carboxylic acids is 5. The number of carbonyl (C=O) groups is 5. The lowest BCUT2D eigenvalue weighted by molar-refractivity contribution is -0.266. The Morgan fingerprint density at radius 1 is 0.933 bits per heavy atom. The highest BCUT2D eigenvalue weighted by Gasteiger charge is 2.53. The van der Waals surface area contributed by atoms with E-state index in [4.69, 9.17) is 29.2 Å². The lowest BCUT2D eigenvalue weighted by atomic mass is 9.78. The number of allylic oxidation sites excluding steroid dienone is 6. The van der Waals surface area contributed by atoms with Crippen molar-refractivity contribution < 1.29 is 63.0 Å². The average molecular weight is 1160 g/mol. The van der Waals surface area contributed by atoms with E-state index in [2.05, 4.69) is 32.6 Å². The predicted molar refractivity (Wildman–Crippen MR) is 291 cm³/mol. The summed E-state index contributed by atoms with van der Waals surface area (Å²) in [7, 11) is 2.93. The van der Waals surface area contributed by atoms with Gasteiger partial charge in [-0.1, -0.05) is 88.3 Å². The van der Waals surface area contributed by atoms with Crippen LogP contribution in [0.25, 0.3) is 10.4 Å². The summed E-state index contributed by atoms with van der Waals surface area (Å²) in [5, 5.41) is 38.0. The van der Waals surface area contributed by atoms with Crippen molar-refractivity contribution in [3.63, 3.8) is 0 Å². The summed E-state index contributed by atoms with van der Waals surface area (Å²) in [5.41, 5.74) is 11.5. The number of cyclic esters (lactones) is 1. The number of piperidine rings is 1. The lowest BCUT2D eigenvalue weighted by Crippen LogP contribution is -2.61. The maximum Gasteiger partial charge on any atom is 0.329 e. The second-order valence-electron chi connectivity index (χ2n) is 21.6. The van der Waals surface area contributed by atoms with Crippen molar-refractivity contribution in [2.24, 2.45) is 40.6 Å². The fraction of sp³-hybridized carbons (Fsp3) is 0.667. The van der Waals surface area contributed by atoms with E-state index in [1.54, 1.807) is 46.9 Å². The number of halogens is 1. The minimum Gasteiger partial charge on any atom is -0.460 e. The molecule has 0 radical (unpaired) electrons. The van der Waals surface area contributed by atoms with Crippen LogP contribution in [-0.2, 0) is 54.3 Å². The molecule has 3 heterocycles. The molecule has 1 unspecified atom stereocenters. The maximum atomic E-state index is 14.5. The number of aliphatic hydroxyl groups excluding tert-OH is 2. The van der Waals surface area contributed by atoms with E-state index in [1.165, 1.54) is 12.0 Å². The van der Waals surface area contributed by atoms with E-state index in [1.807, 2.05) is 63.3 Å². The molecule has 17 nitrogen and oxygen atoms in total. The smallest absolute Gasteiger partial charge is 0.329 e. The molecule has 1 aliphatic carbocycles. The molecule has 15 atom stereocenters. The van der Waals surface area contributed by atoms with E-state index >= 15 is 0 Å². The second-order valence-corrected chi connectivity index (χ2v) is 22.8. The number of hydrogen-bond donors (Lipinski definition) is 3. The SMILES string of the molecule is CO[C@@H]1C[C@H](C[C@@H](C)[C@@H]2CC(=O)[C@H](C)/C=C(\C)[C@@H](O)[C@@H](OC)C(=O)[C@H](C)C[C@H](C)/C=C/C=C/C=C(\C)C(OCc3ccc(N=[N+]=[N-])c(I)c3)C[C@@H]3CC[C@@H](C)[C@@](O)(O3)C(=O)C(=O)N3CCCC[C@H]3C(=O)O2)CC[C@H]1O. The third-order valence-electron chi connectivity index (χ3n) is 15.8. The van der Waals surface area contributed by atoms with Crippen LogP contribution >= 0.6 is 22.6 Å². The van der Waals surface area contributed by atoms with Crippen LogP contribution in [0.2, 0.25) is 0 Å². The van der Waals surface area contributed by atoms with E-state index in [-0.39, 0.29) is 67.8 Å². The highest BCUT2D eigenvalue weighted by Crippen LogP contribution is 2.38. The Hall–Kier alpha value is -4.11. The van der Waals surface area contributed by atoms with Gasteiger partial charge in [0, 0.05) is 59.8 Å². The number of rotatable bonds is 9. The molecule has 1 saturated carbocycles. The first kappa shape index (κ1) is 61.7. The Kier molecular flexibility index (Phi) is 23.9. The van der Waals surface area contributed by atoms with Gasteiger partial charge in [-0.25, -0.2) is 4.79 Å². The standard InChI is InChI=1S/C57H81IN4O13/c1-33-15-11-10-12-16-34(2)48(73-32-41-19-22-44(60-61-59)43(58)28-41)30-42-21-18-39(7)57(70,75-42)54(67)55(68)62-24-14-13-17-45(62)56(69)74-49(36(4)27-40-20-23-46(63)50(29-40)71-8)31-47(64)35(3)26-38(6)52(66)53(72-9)51(65)37(5)25-33/h10-12,15-16,19,22,26,28,33,35-37,39-40,42,45-46,48-50,52-53,63,66,70H,13-14,17-18,20-21,23-25,27,29-32H2,1-9H3/b12-10+,15-11+,34-16+,38-26+/t33-,35-,36-,37-,39-,40+,42+,45+,46-,48?,49+,50-,52-,53+,57-/m1/s1. The third-order valence-corrected chi connectivity index (χ3v) is 16.7. The molecule has 4 aliphatic rings. The van der Waals surface area contributed by atoms with Crippen LogP contribution < -0.4 is 0 Å². The van der Waals surface area contributed by atoms with Crippen LogP contribution in [-0.4, -0.2) is 125 Å². The van der Waals surface area contributed by atoms with Gasteiger partial charge in [0.1, 0.15) is 30.1 Å². The summed E-state index contributed by atoms with van der Waals surface area (Å²) in [4.78, 5) is 75.7. The number of hydrogen-bond acceptors (Lipinski definition) is 14. The van der Waals surface area contributed by atoms with E-state index in [9.17, 15) is 39.3 Å². The molecule has 1 aromatic carbocycles. The highest BCUT2D eigenvalue weighted by molar-refractivity contribution is 14.1. The molecular weight excluding hydrogens is 1080 g/mol. The molecule has 0 spiro atoms. The van der Waals surface area contributed by atoms with Crippen molar-refractivity contribution in [3.05, 3.63) is 85.4 Å². The number of azide groups is 1. The zero-order valence-electron chi connectivity index (χ0n) is 45.3. The third kappa shape index (κ3) is 16.7. The monoisotopic (exact) mass is 1160 g/mol. The van der Waals surface area contributed by atoms with Gasteiger partial charge in [-0.15, -0.1) is 0 Å². The Morgan fingerprint density at radius 2 is 1.68 bits per heavy atom. The second kappa shape index (κ2) is 29.0. The molecule has 1 amide bonds. The van der Waals surface area contributed by atoms with Crippen molar-refractivity contribution >= 4 is 57.5 Å². The molecule has 3 N–H and O–H groups in total. The molecule has 75 heavy (non-hydrogen) atoms. The zero-order chi connectivity index (χ0) is 55.1. The molecule has 0 aromatic heterocycles. The van der Waals surface area contributed by atoms with Crippen molar-refractivity contribution in [2.45, 2.75) is 187 Å². The largest absolute Gasteiger partial charge is 0.460 e. The van der Waals surface area contributed by atoms with E-state index in [0.717, 1.165) is 14.7 Å². The van der Waals surface area contributed by atoms with Crippen LogP contribution in [0.4, 0.5) is 5.69 Å². The highest BCUT2D eigenvalue weighted by atomic mass is 127. The van der Waals surface area contributed by atoms with Gasteiger partial charge in [0.15, 0.2) is 5.78 Å². The van der Waals surface area contributed by atoms with E-state index in [0.29, 0.717) is 69.0 Å². The molecular formula is C57H81IN4O13. The predicted octanol–water partition coefficient (Wildman–Crippen LogP) is 9.30. The summed E-state index contributed by atoms with van der Waals surface area (Å²) < 4.78 is 31.1. The zero-order valence-corrected chi connectivity index (χ0v) is 47.4. The number of benzene rings is 1. The first-order valence-corrected chi connectivity index (χ1v) is 27.8. The Morgan fingerprint density at radius 3 is 2.37 bits per heavy atom. The number of methoxy groups -OCH3 is 2. The fourth-order valence-electron chi connectivity index (χ4n) is 11.0. The first-order valence-electron chi connectivity index (χ1n) is 26.7. The molecule has 414 valence electrons. The molecule has 5 rings (SSSR count). The van der Waals surface area contributed by atoms with Gasteiger partial charge in [-0.05, 0) is 147 Å². The van der Waals surface area contributed by atoms with Gasteiger partial charge in [-0.3, -0.25) is 19.2 Å². The number of ketones is 3. The molecule has 1 aromatic rings. The number of esters is 1. The normalized spacial score (nSPS) is 36.4. The van der Waals surface area contributed by atoms with Gasteiger partial charge < -0.3 is 43.9 Å². The number of ether oxygens (including phenoxy) is 5. The number of fused-ring (bicyclic) bond motifs is 3. The number of Topliss-reactive ketones (excluding diaryl/α,β-unsaturated/α-hetero) is 3. The van der Waals surface area contributed by atoms with Crippen LogP contribution in [0.15, 0.2) is 70.9 Å². The Balaban J connectivity index is 1.50. The topological polar surface area (TPSA) is 244 Å².